The Morgan fingerprint density at radius 3 is 2.47 bits per heavy atom. The number of rotatable bonds is 2. The van der Waals surface area contributed by atoms with Crippen molar-refractivity contribution >= 4 is 21.6 Å². The van der Waals surface area contributed by atoms with E-state index in [1.54, 1.807) is 0 Å². The molecule has 0 heterocycles. The standard InChI is InChI=1S/C17H26BrN/c1-12-11-13(9-10-15(12)18)19-16-8-6-5-7-14(16)17(2,3)4/h9-11,14,16,19H,5-8H2,1-4H3. The Labute approximate surface area is 126 Å². The summed E-state index contributed by atoms with van der Waals surface area (Å²) < 4.78 is 1.19. The van der Waals surface area contributed by atoms with E-state index in [0.717, 1.165) is 5.92 Å². The first kappa shape index (κ1) is 14.9. The van der Waals surface area contributed by atoms with E-state index in [-0.39, 0.29) is 0 Å². The normalized spacial score (nSPS) is 24.3. The number of hydrogen-bond donors (Lipinski definition) is 1. The van der Waals surface area contributed by atoms with Crippen molar-refractivity contribution in [1.82, 2.24) is 0 Å². The highest BCUT2D eigenvalue weighted by Gasteiger charge is 2.33. The molecule has 2 heteroatoms. The van der Waals surface area contributed by atoms with Crippen LogP contribution in [-0.2, 0) is 0 Å². The van der Waals surface area contributed by atoms with Gasteiger partial charge in [-0.3, -0.25) is 0 Å². The van der Waals surface area contributed by atoms with Gasteiger partial charge >= 0.3 is 0 Å². The molecule has 0 saturated heterocycles. The SMILES string of the molecule is Cc1cc(NC2CCCCC2C(C)(C)C)ccc1Br. The maximum atomic E-state index is 3.78. The molecule has 0 aliphatic heterocycles. The highest BCUT2D eigenvalue weighted by atomic mass is 79.9. The summed E-state index contributed by atoms with van der Waals surface area (Å²) in [6, 6.07) is 7.20. The minimum absolute atomic E-state index is 0.391. The van der Waals surface area contributed by atoms with Crippen LogP contribution in [0.1, 0.15) is 52.0 Å². The smallest absolute Gasteiger partial charge is 0.0345 e. The van der Waals surface area contributed by atoms with E-state index >= 15 is 0 Å². The second-order valence-electron chi connectivity index (χ2n) is 6.97. The fraction of sp³-hybridized carbons (Fsp3) is 0.647. The molecule has 1 aliphatic rings. The second-order valence-corrected chi connectivity index (χ2v) is 7.83. The third kappa shape index (κ3) is 3.75. The topological polar surface area (TPSA) is 12.0 Å². The lowest BCUT2D eigenvalue weighted by Gasteiger charge is -2.41. The Morgan fingerprint density at radius 2 is 1.84 bits per heavy atom. The molecule has 2 atom stereocenters. The quantitative estimate of drug-likeness (QED) is 0.728. The van der Waals surface area contributed by atoms with Gasteiger partial charge in [0.25, 0.3) is 0 Å². The summed E-state index contributed by atoms with van der Waals surface area (Å²) in [5.41, 5.74) is 2.96. The van der Waals surface area contributed by atoms with E-state index in [9.17, 15) is 0 Å². The molecule has 0 amide bonds. The molecule has 1 nitrogen and oxygen atoms in total. The van der Waals surface area contributed by atoms with Gasteiger partial charge < -0.3 is 5.32 Å². The van der Waals surface area contributed by atoms with Crippen LogP contribution in [0.25, 0.3) is 0 Å². The average molecular weight is 324 g/mol. The Balaban J connectivity index is 2.13. The first-order chi connectivity index (χ1) is 8.88. The summed E-state index contributed by atoms with van der Waals surface area (Å²) in [5, 5.41) is 3.78. The summed E-state index contributed by atoms with van der Waals surface area (Å²) in [5.74, 6) is 0.769. The van der Waals surface area contributed by atoms with Crippen LogP contribution in [0.4, 0.5) is 5.69 Å². The van der Waals surface area contributed by atoms with Gasteiger partial charge in [0.05, 0.1) is 0 Å². The molecule has 2 rings (SSSR count). The molecule has 1 aromatic rings. The van der Waals surface area contributed by atoms with Gasteiger partial charge in [0.15, 0.2) is 0 Å². The van der Waals surface area contributed by atoms with Crippen LogP contribution in [0.2, 0.25) is 0 Å². The fourth-order valence-electron chi connectivity index (χ4n) is 3.29. The highest BCUT2D eigenvalue weighted by Crippen LogP contribution is 2.39. The Morgan fingerprint density at radius 1 is 1.16 bits per heavy atom. The van der Waals surface area contributed by atoms with Gasteiger partial charge in [-0.05, 0) is 54.9 Å². The van der Waals surface area contributed by atoms with E-state index in [1.807, 2.05) is 0 Å². The van der Waals surface area contributed by atoms with Crippen molar-refractivity contribution in [2.45, 2.75) is 59.4 Å². The minimum atomic E-state index is 0.391. The Kier molecular flexibility index (Phi) is 4.60. The summed E-state index contributed by atoms with van der Waals surface area (Å²) in [6.07, 6.45) is 5.41. The number of hydrogen-bond acceptors (Lipinski definition) is 1. The van der Waals surface area contributed by atoms with Crippen LogP contribution in [0.3, 0.4) is 0 Å². The molecule has 1 fully saturated rings. The van der Waals surface area contributed by atoms with Gasteiger partial charge in [0.2, 0.25) is 0 Å². The fourth-order valence-corrected chi connectivity index (χ4v) is 3.54. The highest BCUT2D eigenvalue weighted by molar-refractivity contribution is 9.10. The van der Waals surface area contributed by atoms with Crippen molar-refractivity contribution in [2.24, 2.45) is 11.3 Å². The van der Waals surface area contributed by atoms with Gasteiger partial charge in [0, 0.05) is 16.2 Å². The van der Waals surface area contributed by atoms with Gasteiger partial charge in [-0.25, -0.2) is 0 Å². The summed E-state index contributed by atoms with van der Waals surface area (Å²) >= 11 is 3.57. The molecular weight excluding hydrogens is 298 g/mol. The maximum absolute atomic E-state index is 3.78. The second kappa shape index (κ2) is 5.87. The van der Waals surface area contributed by atoms with Gasteiger partial charge in [-0.15, -0.1) is 0 Å². The van der Waals surface area contributed by atoms with Crippen molar-refractivity contribution < 1.29 is 0 Å². The molecule has 1 aromatic carbocycles. The lowest BCUT2D eigenvalue weighted by atomic mass is 9.69. The van der Waals surface area contributed by atoms with E-state index in [1.165, 1.54) is 41.4 Å². The van der Waals surface area contributed by atoms with Crippen LogP contribution >= 0.6 is 15.9 Å². The van der Waals surface area contributed by atoms with Crippen molar-refractivity contribution in [3.63, 3.8) is 0 Å². The molecule has 1 saturated carbocycles. The largest absolute Gasteiger partial charge is 0.382 e. The molecule has 2 unspecified atom stereocenters. The number of aryl methyl sites for hydroxylation is 1. The molecule has 1 N–H and O–H groups in total. The van der Waals surface area contributed by atoms with E-state index in [0.29, 0.717) is 11.5 Å². The maximum Gasteiger partial charge on any atom is 0.0345 e. The Bertz CT molecular complexity index is 433. The summed E-state index contributed by atoms with van der Waals surface area (Å²) in [7, 11) is 0. The van der Waals surface area contributed by atoms with Crippen LogP contribution in [0, 0.1) is 18.3 Å². The van der Waals surface area contributed by atoms with Gasteiger partial charge in [0.1, 0.15) is 0 Å². The molecule has 19 heavy (non-hydrogen) atoms. The van der Waals surface area contributed by atoms with Crippen molar-refractivity contribution in [3.05, 3.63) is 28.2 Å². The molecule has 0 radical (unpaired) electrons. The zero-order valence-corrected chi connectivity index (χ0v) is 14.2. The number of nitrogens with one attached hydrogen (secondary N) is 1. The molecule has 0 aromatic heterocycles. The summed E-state index contributed by atoms with van der Waals surface area (Å²) in [6.45, 7) is 9.29. The Hall–Kier alpha value is -0.500. The van der Waals surface area contributed by atoms with Gasteiger partial charge in [-0.2, -0.15) is 0 Å². The molecular formula is C17H26BrN. The lowest BCUT2D eigenvalue weighted by molar-refractivity contribution is 0.163. The predicted molar refractivity (Wildman–Crippen MR) is 87.7 cm³/mol. The number of halogens is 1. The van der Waals surface area contributed by atoms with Gasteiger partial charge in [-0.1, -0.05) is 49.5 Å². The average Bonchev–Trinajstić information content (AvgIpc) is 2.33. The number of benzene rings is 1. The van der Waals surface area contributed by atoms with E-state index in [4.69, 9.17) is 0 Å². The minimum Gasteiger partial charge on any atom is -0.382 e. The van der Waals surface area contributed by atoms with E-state index in [2.05, 4.69) is 67.1 Å². The van der Waals surface area contributed by atoms with Crippen molar-refractivity contribution in [2.75, 3.05) is 5.32 Å². The first-order valence-corrected chi connectivity index (χ1v) is 8.20. The third-order valence-electron chi connectivity index (χ3n) is 4.39. The zero-order chi connectivity index (χ0) is 14.0. The predicted octanol–water partition coefficient (Wildman–Crippen LogP) is 5.77. The third-order valence-corrected chi connectivity index (χ3v) is 5.28. The van der Waals surface area contributed by atoms with Crippen LogP contribution in [0.5, 0.6) is 0 Å². The molecule has 0 bridgehead atoms. The van der Waals surface area contributed by atoms with Crippen LogP contribution < -0.4 is 5.32 Å². The number of anilines is 1. The monoisotopic (exact) mass is 323 g/mol. The molecule has 106 valence electrons. The zero-order valence-electron chi connectivity index (χ0n) is 12.6. The molecule has 1 aliphatic carbocycles. The lowest BCUT2D eigenvalue weighted by Crippen LogP contribution is -2.39. The van der Waals surface area contributed by atoms with Crippen molar-refractivity contribution in [3.8, 4) is 0 Å². The summed E-state index contributed by atoms with van der Waals surface area (Å²) in [4.78, 5) is 0. The van der Waals surface area contributed by atoms with E-state index < -0.39 is 0 Å². The first-order valence-electron chi connectivity index (χ1n) is 7.40. The van der Waals surface area contributed by atoms with Crippen LogP contribution in [-0.4, -0.2) is 6.04 Å². The molecule has 0 spiro atoms. The van der Waals surface area contributed by atoms with Crippen molar-refractivity contribution in [1.29, 1.82) is 0 Å². The van der Waals surface area contributed by atoms with Crippen LogP contribution in [0.15, 0.2) is 22.7 Å².